The molecule has 7 heteroatoms. The van der Waals surface area contributed by atoms with Gasteiger partial charge in [0.1, 0.15) is 0 Å². The van der Waals surface area contributed by atoms with Crippen LogP contribution in [0.4, 0.5) is 5.13 Å². The summed E-state index contributed by atoms with van der Waals surface area (Å²) in [4.78, 5) is 34.5. The van der Waals surface area contributed by atoms with Gasteiger partial charge in [-0.05, 0) is 38.3 Å². The highest BCUT2D eigenvalue weighted by molar-refractivity contribution is 7.15. The van der Waals surface area contributed by atoms with E-state index < -0.39 is 11.5 Å². The lowest BCUT2D eigenvalue weighted by atomic mass is 9.71. The number of anilines is 1. The van der Waals surface area contributed by atoms with Crippen LogP contribution in [0.25, 0.3) is 0 Å². The van der Waals surface area contributed by atoms with E-state index in [1.807, 2.05) is 43.0 Å². The van der Waals surface area contributed by atoms with Crippen LogP contribution in [0.1, 0.15) is 58.1 Å². The fraction of sp³-hybridized carbons (Fsp3) is 0.500. The van der Waals surface area contributed by atoms with Gasteiger partial charge in [-0.1, -0.05) is 31.0 Å². The van der Waals surface area contributed by atoms with Crippen LogP contribution < -0.4 is 5.32 Å². The molecule has 1 aliphatic heterocycles. The Morgan fingerprint density at radius 2 is 2.03 bits per heavy atom. The number of carbonyl (C=O) groups is 2. The summed E-state index contributed by atoms with van der Waals surface area (Å²) in [6.45, 7) is 4.89. The lowest BCUT2D eigenvalue weighted by Crippen LogP contribution is -2.60. The number of nitrogens with zero attached hydrogens (tertiary/aromatic N) is 2. The number of ether oxygens (including phenoxy) is 1. The Hall–Kier alpha value is -2.25. The summed E-state index contributed by atoms with van der Waals surface area (Å²) >= 11 is 1.49. The summed E-state index contributed by atoms with van der Waals surface area (Å²) in [7, 11) is 1.64. The Bertz CT molecular complexity index is 914. The largest absolute Gasteiger partial charge is 0.383 e. The minimum Gasteiger partial charge on any atom is -0.383 e. The Kier molecular flexibility index (Phi) is 5.44. The Balaban J connectivity index is 1.78. The highest BCUT2D eigenvalue weighted by Crippen LogP contribution is 2.50. The first-order chi connectivity index (χ1) is 14.0. The molecular weight excluding hydrogens is 386 g/mol. The molecule has 2 aliphatic rings. The number of thiazole rings is 1. The average molecular weight is 414 g/mol. The van der Waals surface area contributed by atoms with Crippen LogP contribution in [-0.2, 0) is 9.53 Å². The molecule has 0 radical (unpaired) electrons. The lowest BCUT2D eigenvalue weighted by molar-refractivity contribution is -0.121. The van der Waals surface area contributed by atoms with Crippen LogP contribution in [0, 0.1) is 13.8 Å². The second-order valence-corrected chi connectivity index (χ2v) is 9.13. The van der Waals surface area contributed by atoms with Crippen molar-refractivity contribution in [2.24, 2.45) is 0 Å². The summed E-state index contributed by atoms with van der Waals surface area (Å²) in [5.74, 6) is -0.493. The number of aromatic nitrogens is 1. The molecule has 0 saturated heterocycles. The number of benzene rings is 1. The van der Waals surface area contributed by atoms with Gasteiger partial charge in [0.15, 0.2) is 5.13 Å². The molecule has 1 atom stereocenters. The molecule has 1 saturated carbocycles. The molecule has 1 spiro atoms. The van der Waals surface area contributed by atoms with Gasteiger partial charge in [-0.2, -0.15) is 0 Å². The van der Waals surface area contributed by atoms with E-state index in [-0.39, 0.29) is 11.8 Å². The van der Waals surface area contributed by atoms with Gasteiger partial charge < -0.3 is 15.0 Å². The second-order valence-electron chi connectivity index (χ2n) is 7.93. The van der Waals surface area contributed by atoms with Crippen molar-refractivity contribution in [3.8, 4) is 0 Å². The van der Waals surface area contributed by atoms with Crippen LogP contribution in [0.3, 0.4) is 0 Å². The van der Waals surface area contributed by atoms with Crippen LogP contribution >= 0.6 is 11.3 Å². The fourth-order valence-corrected chi connectivity index (χ4v) is 5.70. The predicted molar refractivity (Wildman–Crippen MR) is 114 cm³/mol. The quantitative estimate of drug-likeness (QED) is 0.807. The van der Waals surface area contributed by atoms with Gasteiger partial charge in [0.05, 0.1) is 23.8 Å². The maximum Gasteiger partial charge on any atom is 0.254 e. The zero-order valence-electron chi connectivity index (χ0n) is 17.2. The summed E-state index contributed by atoms with van der Waals surface area (Å²) in [5, 5.41) is 3.68. The molecule has 2 aromatic rings. The molecule has 6 nitrogen and oxygen atoms in total. The predicted octanol–water partition coefficient (Wildman–Crippen LogP) is 3.90. The Morgan fingerprint density at radius 3 is 2.69 bits per heavy atom. The number of fused-ring (bicyclic) bond motifs is 1. The van der Waals surface area contributed by atoms with E-state index in [2.05, 4.69) is 10.3 Å². The molecular formula is C22H27N3O3S. The van der Waals surface area contributed by atoms with Crippen LogP contribution in [0.2, 0.25) is 0 Å². The molecule has 1 fully saturated rings. The summed E-state index contributed by atoms with van der Waals surface area (Å²) < 4.78 is 5.29. The van der Waals surface area contributed by atoms with Crippen molar-refractivity contribution in [2.75, 3.05) is 25.6 Å². The first-order valence-corrected chi connectivity index (χ1v) is 10.9. The molecule has 154 valence electrons. The third-order valence-corrected chi connectivity index (χ3v) is 7.32. The molecule has 0 bridgehead atoms. The zero-order chi connectivity index (χ0) is 20.6. The third-order valence-electron chi connectivity index (χ3n) is 6.33. The van der Waals surface area contributed by atoms with Gasteiger partial charge in [0.25, 0.3) is 5.91 Å². The highest BCUT2D eigenvalue weighted by Gasteiger charge is 2.55. The van der Waals surface area contributed by atoms with Gasteiger partial charge in [-0.25, -0.2) is 4.98 Å². The van der Waals surface area contributed by atoms with Gasteiger partial charge in [0.2, 0.25) is 5.91 Å². The monoisotopic (exact) mass is 413 g/mol. The summed E-state index contributed by atoms with van der Waals surface area (Å²) in [6, 6.07) is 7.54. The lowest BCUT2D eigenvalue weighted by Gasteiger charge is -2.50. The molecule has 2 heterocycles. The van der Waals surface area contributed by atoms with Crippen molar-refractivity contribution < 1.29 is 14.3 Å². The smallest absolute Gasteiger partial charge is 0.254 e. The number of aryl methyl sites for hydroxylation is 2. The van der Waals surface area contributed by atoms with Crippen LogP contribution in [-0.4, -0.2) is 47.5 Å². The second kappa shape index (κ2) is 7.88. The fourth-order valence-electron chi connectivity index (χ4n) is 4.88. The molecule has 1 aromatic carbocycles. The SMILES string of the molecule is COCCN1C(=O)c2ccccc2C(C(=O)Nc2nc(C)c(C)s2)C12CCCC2. The van der Waals surface area contributed by atoms with E-state index in [0.717, 1.165) is 41.8 Å². The van der Waals surface area contributed by atoms with Gasteiger partial charge in [-0.15, -0.1) is 11.3 Å². The van der Waals surface area contributed by atoms with Gasteiger partial charge in [0, 0.05) is 24.1 Å². The van der Waals surface area contributed by atoms with Crippen molar-refractivity contribution in [1.82, 2.24) is 9.88 Å². The zero-order valence-corrected chi connectivity index (χ0v) is 18.0. The maximum atomic E-state index is 13.6. The van der Waals surface area contributed by atoms with E-state index in [1.54, 1.807) is 7.11 Å². The minimum absolute atomic E-state index is 0.00420. The summed E-state index contributed by atoms with van der Waals surface area (Å²) in [6.07, 6.45) is 3.67. The number of carbonyl (C=O) groups excluding carboxylic acids is 2. The topological polar surface area (TPSA) is 71.5 Å². The van der Waals surface area contributed by atoms with Gasteiger partial charge >= 0.3 is 0 Å². The number of nitrogens with one attached hydrogen (secondary N) is 1. The number of hydrogen-bond acceptors (Lipinski definition) is 5. The molecule has 1 unspecified atom stereocenters. The van der Waals surface area contributed by atoms with Crippen LogP contribution in [0.5, 0.6) is 0 Å². The maximum absolute atomic E-state index is 13.6. The highest BCUT2D eigenvalue weighted by atomic mass is 32.1. The average Bonchev–Trinajstić information content (AvgIpc) is 3.29. The van der Waals surface area contributed by atoms with E-state index in [9.17, 15) is 9.59 Å². The molecule has 29 heavy (non-hydrogen) atoms. The van der Waals surface area contributed by atoms with E-state index in [0.29, 0.717) is 23.8 Å². The number of rotatable bonds is 5. The van der Waals surface area contributed by atoms with E-state index in [4.69, 9.17) is 4.74 Å². The van der Waals surface area contributed by atoms with Crippen molar-refractivity contribution in [3.63, 3.8) is 0 Å². The van der Waals surface area contributed by atoms with Gasteiger partial charge in [-0.3, -0.25) is 9.59 Å². The molecule has 1 aliphatic carbocycles. The molecule has 1 N–H and O–H groups in total. The summed E-state index contributed by atoms with van der Waals surface area (Å²) in [5.41, 5.74) is 1.88. The molecule has 1 aromatic heterocycles. The Morgan fingerprint density at radius 1 is 1.31 bits per heavy atom. The van der Waals surface area contributed by atoms with Crippen molar-refractivity contribution in [3.05, 3.63) is 46.0 Å². The van der Waals surface area contributed by atoms with Crippen LogP contribution in [0.15, 0.2) is 24.3 Å². The number of hydrogen-bond donors (Lipinski definition) is 1. The first-order valence-electron chi connectivity index (χ1n) is 10.1. The number of amides is 2. The molecule has 2 amide bonds. The standard InChI is InChI=1S/C22H27N3O3S/c1-14-15(2)29-21(23-14)24-19(26)18-16-8-4-5-9-17(16)20(27)25(12-13-28-3)22(18)10-6-7-11-22/h4-5,8-9,18H,6-7,10-13H2,1-3H3,(H,23,24,26). The van der Waals surface area contributed by atoms with Crippen molar-refractivity contribution in [1.29, 1.82) is 0 Å². The van der Waals surface area contributed by atoms with Crippen molar-refractivity contribution in [2.45, 2.75) is 51.0 Å². The third kappa shape index (κ3) is 3.36. The van der Waals surface area contributed by atoms with E-state index in [1.165, 1.54) is 11.3 Å². The first kappa shape index (κ1) is 20.0. The molecule has 4 rings (SSSR count). The minimum atomic E-state index is -0.505. The van der Waals surface area contributed by atoms with Crippen molar-refractivity contribution >= 4 is 28.3 Å². The van der Waals surface area contributed by atoms with E-state index >= 15 is 0 Å². The number of methoxy groups -OCH3 is 1. The Labute approximate surface area is 175 Å². The normalized spacial score (nSPS) is 20.2.